The maximum Gasteiger partial charge on any atom is 0.125 e. The summed E-state index contributed by atoms with van der Waals surface area (Å²) >= 11 is 0. The summed E-state index contributed by atoms with van der Waals surface area (Å²) in [5.74, 6) is 0.853. The van der Waals surface area contributed by atoms with Crippen LogP contribution in [0.1, 0.15) is 17.4 Å². The van der Waals surface area contributed by atoms with E-state index in [9.17, 15) is 5.11 Å². The maximum atomic E-state index is 10.3. The predicted molar refractivity (Wildman–Crippen MR) is 62.7 cm³/mol. The van der Waals surface area contributed by atoms with Gasteiger partial charge in [-0.15, -0.1) is 0 Å². The fourth-order valence-electron chi connectivity index (χ4n) is 2.24. The van der Waals surface area contributed by atoms with E-state index in [2.05, 4.69) is 9.97 Å². The summed E-state index contributed by atoms with van der Waals surface area (Å²) in [6.07, 6.45) is 3.75. The highest BCUT2D eigenvalue weighted by molar-refractivity contribution is 5.37. The number of nitrogens with one attached hydrogen (secondary N) is 1. The van der Waals surface area contributed by atoms with Crippen molar-refractivity contribution in [2.75, 3.05) is 6.61 Å². The van der Waals surface area contributed by atoms with Gasteiger partial charge in [-0.05, 0) is 6.07 Å². The second-order valence-corrected chi connectivity index (χ2v) is 4.32. The van der Waals surface area contributed by atoms with Crippen molar-refractivity contribution >= 4 is 0 Å². The normalized spacial score (nSPS) is 22.9. The SMILES string of the molecule is OC1c2ccccc2OCC1Cc1c[nH]cn1. The van der Waals surface area contributed by atoms with E-state index < -0.39 is 6.10 Å². The van der Waals surface area contributed by atoms with E-state index in [4.69, 9.17) is 4.74 Å². The van der Waals surface area contributed by atoms with Crippen molar-refractivity contribution in [1.82, 2.24) is 9.97 Å². The third kappa shape index (κ3) is 1.91. The zero-order valence-electron chi connectivity index (χ0n) is 9.34. The van der Waals surface area contributed by atoms with Crippen LogP contribution in [0.25, 0.3) is 0 Å². The lowest BCUT2D eigenvalue weighted by molar-refractivity contribution is 0.0504. The average molecular weight is 230 g/mol. The molecule has 2 unspecified atom stereocenters. The molecule has 0 saturated carbocycles. The van der Waals surface area contributed by atoms with Crippen molar-refractivity contribution in [1.29, 1.82) is 0 Å². The van der Waals surface area contributed by atoms with E-state index in [0.29, 0.717) is 6.61 Å². The molecule has 1 aliphatic heterocycles. The van der Waals surface area contributed by atoms with Crippen LogP contribution in [0.15, 0.2) is 36.8 Å². The quantitative estimate of drug-likeness (QED) is 0.825. The summed E-state index contributed by atoms with van der Waals surface area (Å²) in [4.78, 5) is 7.10. The van der Waals surface area contributed by atoms with Gasteiger partial charge in [-0.2, -0.15) is 0 Å². The summed E-state index contributed by atoms with van der Waals surface area (Å²) in [6, 6.07) is 7.64. The number of fused-ring (bicyclic) bond motifs is 1. The number of para-hydroxylation sites is 1. The molecular weight excluding hydrogens is 216 g/mol. The number of aromatic nitrogens is 2. The second kappa shape index (κ2) is 4.22. The van der Waals surface area contributed by atoms with Crippen LogP contribution < -0.4 is 4.74 Å². The van der Waals surface area contributed by atoms with Crippen molar-refractivity contribution in [3.63, 3.8) is 0 Å². The van der Waals surface area contributed by atoms with Gasteiger partial charge in [0.2, 0.25) is 0 Å². The van der Waals surface area contributed by atoms with Crippen molar-refractivity contribution < 1.29 is 9.84 Å². The molecular formula is C13H14N2O2. The molecule has 2 aromatic rings. The number of aliphatic hydroxyl groups is 1. The molecule has 3 rings (SSSR count). The Kier molecular flexibility index (Phi) is 2.57. The van der Waals surface area contributed by atoms with E-state index in [1.807, 2.05) is 30.5 Å². The number of hydrogen-bond acceptors (Lipinski definition) is 3. The highest BCUT2D eigenvalue weighted by Gasteiger charge is 2.29. The molecule has 17 heavy (non-hydrogen) atoms. The number of hydrogen-bond donors (Lipinski definition) is 2. The van der Waals surface area contributed by atoms with Crippen molar-refractivity contribution in [2.45, 2.75) is 12.5 Å². The van der Waals surface area contributed by atoms with Crippen LogP contribution in [0.4, 0.5) is 0 Å². The van der Waals surface area contributed by atoms with Gasteiger partial charge in [0.15, 0.2) is 0 Å². The van der Waals surface area contributed by atoms with Gasteiger partial charge in [-0.25, -0.2) is 4.98 Å². The van der Waals surface area contributed by atoms with E-state index in [1.165, 1.54) is 0 Å². The predicted octanol–water partition coefficient (Wildman–Crippen LogP) is 1.69. The first-order valence-electron chi connectivity index (χ1n) is 5.72. The zero-order valence-corrected chi connectivity index (χ0v) is 9.34. The molecule has 0 spiro atoms. The van der Waals surface area contributed by atoms with Crippen molar-refractivity contribution in [3.05, 3.63) is 48.0 Å². The molecule has 2 atom stereocenters. The van der Waals surface area contributed by atoms with Crippen LogP contribution in [0.5, 0.6) is 5.75 Å². The standard InChI is InChI=1S/C13H14N2O2/c16-13-9(5-10-6-14-8-15-10)7-17-12-4-2-1-3-11(12)13/h1-4,6,8-9,13,16H,5,7H2,(H,14,15). The van der Waals surface area contributed by atoms with Gasteiger partial charge in [0.1, 0.15) is 5.75 Å². The van der Waals surface area contributed by atoms with Crippen molar-refractivity contribution in [2.24, 2.45) is 5.92 Å². The first kappa shape index (κ1) is 10.4. The molecule has 1 aliphatic rings. The molecule has 0 aliphatic carbocycles. The van der Waals surface area contributed by atoms with Crippen LogP contribution in [0.2, 0.25) is 0 Å². The molecule has 2 heterocycles. The highest BCUT2D eigenvalue weighted by atomic mass is 16.5. The summed E-state index contributed by atoms with van der Waals surface area (Å²) in [5.41, 5.74) is 1.83. The largest absolute Gasteiger partial charge is 0.493 e. The summed E-state index contributed by atoms with van der Waals surface area (Å²) < 4.78 is 5.66. The maximum absolute atomic E-state index is 10.3. The molecule has 88 valence electrons. The fraction of sp³-hybridized carbons (Fsp3) is 0.308. The van der Waals surface area contributed by atoms with Gasteiger partial charge >= 0.3 is 0 Å². The minimum Gasteiger partial charge on any atom is -0.493 e. The summed E-state index contributed by atoms with van der Waals surface area (Å²) in [7, 11) is 0. The van der Waals surface area contributed by atoms with Gasteiger partial charge in [0, 0.05) is 24.1 Å². The number of aliphatic hydroxyl groups excluding tert-OH is 1. The van der Waals surface area contributed by atoms with Gasteiger partial charge in [0.25, 0.3) is 0 Å². The van der Waals surface area contributed by atoms with E-state index >= 15 is 0 Å². The number of H-pyrrole nitrogens is 1. The third-order valence-corrected chi connectivity index (χ3v) is 3.16. The third-order valence-electron chi connectivity index (χ3n) is 3.16. The molecule has 4 nitrogen and oxygen atoms in total. The summed E-state index contributed by atoms with van der Waals surface area (Å²) in [5, 5.41) is 10.3. The fourth-order valence-corrected chi connectivity index (χ4v) is 2.24. The Hall–Kier alpha value is -1.81. The van der Waals surface area contributed by atoms with Crippen LogP contribution in [-0.4, -0.2) is 21.7 Å². The molecule has 0 fully saturated rings. The smallest absolute Gasteiger partial charge is 0.125 e. The Labute approximate surface area is 99.3 Å². The van der Waals surface area contributed by atoms with Gasteiger partial charge in [-0.3, -0.25) is 0 Å². The number of rotatable bonds is 2. The molecule has 2 N–H and O–H groups in total. The number of benzene rings is 1. The number of nitrogens with zero attached hydrogens (tertiary/aromatic N) is 1. The minimum atomic E-state index is -0.475. The molecule has 1 aromatic carbocycles. The molecule has 0 bridgehead atoms. The van der Waals surface area contributed by atoms with E-state index in [0.717, 1.165) is 23.4 Å². The molecule has 1 aromatic heterocycles. The van der Waals surface area contributed by atoms with Gasteiger partial charge < -0.3 is 14.8 Å². The Morgan fingerprint density at radius 2 is 2.29 bits per heavy atom. The summed E-state index contributed by atoms with van der Waals surface area (Å²) in [6.45, 7) is 0.533. The Balaban J connectivity index is 1.82. The van der Waals surface area contributed by atoms with E-state index in [-0.39, 0.29) is 5.92 Å². The zero-order chi connectivity index (χ0) is 11.7. The van der Waals surface area contributed by atoms with Crippen LogP contribution in [-0.2, 0) is 6.42 Å². The number of ether oxygens (including phenoxy) is 1. The van der Waals surface area contributed by atoms with E-state index in [1.54, 1.807) is 6.33 Å². The van der Waals surface area contributed by atoms with Crippen LogP contribution in [0.3, 0.4) is 0 Å². The first-order chi connectivity index (χ1) is 8.34. The van der Waals surface area contributed by atoms with Gasteiger partial charge in [0.05, 0.1) is 24.7 Å². The molecule has 4 heteroatoms. The average Bonchev–Trinajstić information content (AvgIpc) is 2.86. The lowest BCUT2D eigenvalue weighted by atomic mass is 9.90. The number of aromatic amines is 1. The highest BCUT2D eigenvalue weighted by Crippen LogP contribution is 2.36. The second-order valence-electron chi connectivity index (χ2n) is 4.32. The molecule has 0 amide bonds. The Bertz CT molecular complexity index is 496. The molecule has 0 saturated heterocycles. The van der Waals surface area contributed by atoms with Crippen LogP contribution >= 0.6 is 0 Å². The molecule has 0 radical (unpaired) electrons. The minimum absolute atomic E-state index is 0.0631. The first-order valence-corrected chi connectivity index (χ1v) is 5.72. The lowest BCUT2D eigenvalue weighted by Gasteiger charge is -2.29. The Morgan fingerprint density at radius 3 is 3.12 bits per heavy atom. The van der Waals surface area contributed by atoms with Crippen molar-refractivity contribution in [3.8, 4) is 5.75 Å². The van der Waals surface area contributed by atoms with Gasteiger partial charge in [-0.1, -0.05) is 18.2 Å². The number of imidazole rings is 1. The van der Waals surface area contributed by atoms with Crippen LogP contribution in [0, 0.1) is 5.92 Å². The Morgan fingerprint density at radius 1 is 1.41 bits per heavy atom. The monoisotopic (exact) mass is 230 g/mol. The lowest BCUT2D eigenvalue weighted by Crippen LogP contribution is -2.27. The topological polar surface area (TPSA) is 58.1 Å².